The van der Waals surface area contributed by atoms with E-state index in [-0.39, 0.29) is 12.1 Å². The van der Waals surface area contributed by atoms with E-state index >= 15 is 0 Å². The van der Waals surface area contributed by atoms with E-state index in [0.29, 0.717) is 16.5 Å². The van der Waals surface area contributed by atoms with Gasteiger partial charge in [-0.25, -0.2) is 8.42 Å². The maximum atomic E-state index is 11.9. The van der Waals surface area contributed by atoms with Crippen LogP contribution in [-0.2, 0) is 10.0 Å². The highest BCUT2D eigenvalue weighted by molar-refractivity contribution is 7.92. The van der Waals surface area contributed by atoms with Crippen molar-refractivity contribution in [1.29, 1.82) is 0 Å². The fourth-order valence-electron chi connectivity index (χ4n) is 4.13. The molecule has 1 saturated heterocycles. The molecule has 8 nitrogen and oxygen atoms in total. The van der Waals surface area contributed by atoms with E-state index in [1.165, 1.54) is 7.11 Å². The largest absolute Gasteiger partial charge is 0.495 e. The third-order valence-corrected chi connectivity index (χ3v) is 6.27. The van der Waals surface area contributed by atoms with E-state index in [1.807, 2.05) is 43.0 Å². The second-order valence-corrected chi connectivity index (χ2v) is 9.92. The average molecular weight is 472 g/mol. The highest BCUT2D eigenvalue weighted by Crippen LogP contribution is 2.44. The first-order chi connectivity index (χ1) is 15.2. The summed E-state index contributed by atoms with van der Waals surface area (Å²) in [6.45, 7) is 4.04. The minimum Gasteiger partial charge on any atom is -0.495 e. The standard InChI is InChI=1S/C22H25N5O3S2/c1-13-11-16(14(2)24-13)21-20(17-7-5-6-10-23-17)25-22(31)27(21)15-8-9-19(30-3)18(12-15)26-32(4,28)29/h5-12,20-21,24,26H,1-4H3,(H,25,31)/t20-,21-/m0/s1. The Kier molecular flexibility index (Phi) is 5.83. The molecule has 3 N–H and O–H groups in total. The SMILES string of the molecule is COc1ccc(N2C(=S)N[C@@H](c3ccccn3)[C@@H]2c2cc(C)[nH]c2C)cc1NS(C)(=O)=O. The van der Waals surface area contributed by atoms with Crippen molar-refractivity contribution in [3.63, 3.8) is 0 Å². The number of thiocarbonyl (C=S) groups is 1. The predicted molar refractivity (Wildman–Crippen MR) is 130 cm³/mol. The van der Waals surface area contributed by atoms with Crippen molar-refractivity contribution in [2.24, 2.45) is 0 Å². The minimum absolute atomic E-state index is 0.189. The number of nitrogens with zero attached hydrogens (tertiary/aromatic N) is 2. The predicted octanol–water partition coefficient (Wildman–Crippen LogP) is 3.58. The van der Waals surface area contributed by atoms with Crippen molar-refractivity contribution in [1.82, 2.24) is 15.3 Å². The van der Waals surface area contributed by atoms with E-state index in [9.17, 15) is 8.42 Å². The summed E-state index contributed by atoms with van der Waals surface area (Å²) < 4.78 is 31.7. The number of hydrogen-bond donors (Lipinski definition) is 3. The number of aryl methyl sites for hydroxylation is 2. The van der Waals surface area contributed by atoms with Crippen LogP contribution in [0.25, 0.3) is 0 Å². The smallest absolute Gasteiger partial charge is 0.229 e. The Labute approximate surface area is 193 Å². The number of nitrogens with one attached hydrogen (secondary N) is 3. The van der Waals surface area contributed by atoms with Gasteiger partial charge in [0.25, 0.3) is 0 Å². The van der Waals surface area contributed by atoms with Gasteiger partial charge in [-0.2, -0.15) is 0 Å². The molecule has 168 valence electrons. The molecule has 1 aliphatic rings. The lowest BCUT2D eigenvalue weighted by molar-refractivity contribution is 0.417. The molecular weight excluding hydrogens is 446 g/mol. The number of sulfonamides is 1. The van der Waals surface area contributed by atoms with E-state index in [1.54, 1.807) is 18.3 Å². The Hall–Kier alpha value is -3.11. The molecular formula is C22H25N5O3S2. The zero-order valence-corrected chi connectivity index (χ0v) is 19.8. The number of pyridine rings is 1. The van der Waals surface area contributed by atoms with E-state index in [4.69, 9.17) is 17.0 Å². The Balaban J connectivity index is 1.85. The van der Waals surface area contributed by atoms with Gasteiger partial charge in [0.2, 0.25) is 10.0 Å². The summed E-state index contributed by atoms with van der Waals surface area (Å²) in [5, 5.41) is 3.94. The molecule has 2 aromatic heterocycles. The lowest BCUT2D eigenvalue weighted by atomic mass is 9.96. The van der Waals surface area contributed by atoms with Gasteiger partial charge in [-0.15, -0.1) is 0 Å². The summed E-state index contributed by atoms with van der Waals surface area (Å²) >= 11 is 5.75. The van der Waals surface area contributed by atoms with Crippen LogP contribution in [0.3, 0.4) is 0 Å². The second-order valence-electron chi connectivity index (χ2n) is 7.79. The van der Waals surface area contributed by atoms with Gasteiger partial charge in [0.05, 0.1) is 36.8 Å². The van der Waals surface area contributed by atoms with E-state index < -0.39 is 10.0 Å². The number of hydrogen-bond acceptors (Lipinski definition) is 5. The molecule has 0 unspecified atom stereocenters. The van der Waals surface area contributed by atoms with Gasteiger partial charge in [-0.1, -0.05) is 6.07 Å². The van der Waals surface area contributed by atoms with Crippen LogP contribution in [0.1, 0.15) is 34.7 Å². The topological polar surface area (TPSA) is 99.3 Å². The molecule has 1 fully saturated rings. The quantitative estimate of drug-likeness (QED) is 0.473. The maximum absolute atomic E-state index is 11.9. The van der Waals surface area contributed by atoms with E-state index in [0.717, 1.165) is 34.6 Å². The highest BCUT2D eigenvalue weighted by Gasteiger charge is 2.42. The molecule has 0 bridgehead atoms. The summed E-state index contributed by atoms with van der Waals surface area (Å²) in [6.07, 6.45) is 2.86. The Morgan fingerprint density at radius 2 is 1.97 bits per heavy atom. The maximum Gasteiger partial charge on any atom is 0.229 e. The molecule has 0 radical (unpaired) electrons. The van der Waals surface area contributed by atoms with Crippen LogP contribution < -0.4 is 19.7 Å². The van der Waals surface area contributed by atoms with Gasteiger partial charge in [-0.05, 0) is 68.0 Å². The number of anilines is 2. The molecule has 0 spiro atoms. The van der Waals surface area contributed by atoms with Gasteiger partial charge < -0.3 is 19.9 Å². The number of ether oxygens (including phenoxy) is 1. The van der Waals surface area contributed by atoms with Gasteiger partial charge in [0, 0.05) is 23.3 Å². The van der Waals surface area contributed by atoms with Crippen molar-refractivity contribution in [3.05, 3.63) is 71.3 Å². The lowest BCUT2D eigenvalue weighted by Crippen LogP contribution is -2.29. The van der Waals surface area contributed by atoms with Gasteiger partial charge in [-0.3, -0.25) is 9.71 Å². The van der Waals surface area contributed by atoms with Crippen molar-refractivity contribution in [2.75, 3.05) is 23.0 Å². The Morgan fingerprint density at radius 1 is 1.19 bits per heavy atom. The summed E-state index contributed by atoms with van der Waals surface area (Å²) in [5.74, 6) is 0.420. The molecule has 4 rings (SSSR count). The van der Waals surface area contributed by atoms with Crippen LogP contribution in [0.2, 0.25) is 0 Å². The van der Waals surface area contributed by atoms with Gasteiger partial charge in [0.1, 0.15) is 5.75 Å². The first kappa shape index (κ1) is 22.1. The summed E-state index contributed by atoms with van der Waals surface area (Å²) in [6, 6.07) is 12.8. The number of aromatic amines is 1. The Bertz CT molecular complexity index is 1260. The van der Waals surface area contributed by atoms with Crippen molar-refractivity contribution >= 4 is 38.7 Å². The monoisotopic (exact) mass is 471 g/mol. The third kappa shape index (κ3) is 4.28. The number of aromatic nitrogens is 2. The number of methoxy groups -OCH3 is 1. The first-order valence-corrected chi connectivity index (χ1v) is 12.3. The van der Waals surface area contributed by atoms with Crippen LogP contribution in [0, 0.1) is 13.8 Å². The molecule has 0 aliphatic carbocycles. The minimum atomic E-state index is -3.50. The first-order valence-electron chi connectivity index (χ1n) is 10.0. The molecule has 3 heterocycles. The fraction of sp³-hybridized carbons (Fsp3) is 0.273. The van der Waals surface area contributed by atoms with Crippen molar-refractivity contribution < 1.29 is 13.2 Å². The molecule has 0 amide bonds. The molecule has 32 heavy (non-hydrogen) atoms. The van der Waals surface area contributed by atoms with Crippen LogP contribution in [0.5, 0.6) is 5.75 Å². The highest BCUT2D eigenvalue weighted by atomic mass is 32.2. The zero-order valence-electron chi connectivity index (χ0n) is 18.2. The van der Waals surface area contributed by atoms with Crippen molar-refractivity contribution in [3.8, 4) is 5.75 Å². The van der Waals surface area contributed by atoms with Crippen LogP contribution in [-0.4, -0.2) is 36.9 Å². The normalized spacial score (nSPS) is 18.5. The molecule has 3 aromatic rings. The third-order valence-electron chi connectivity index (χ3n) is 5.36. The molecule has 2 atom stereocenters. The summed E-state index contributed by atoms with van der Waals surface area (Å²) in [4.78, 5) is 9.93. The lowest BCUT2D eigenvalue weighted by Gasteiger charge is -2.28. The summed E-state index contributed by atoms with van der Waals surface area (Å²) in [7, 11) is -2.00. The van der Waals surface area contributed by atoms with E-state index in [2.05, 4.69) is 26.1 Å². The Morgan fingerprint density at radius 3 is 2.56 bits per heavy atom. The van der Waals surface area contributed by atoms with Crippen LogP contribution in [0.4, 0.5) is 11.4 Å². The number of benzene rings is 1. The zero-order chi connectivity index (χ0) is 23.0. The number of rotatable bonds is 6. The van der Waals surface area contributed by atoms with Gasteiger partial charge >= 0.3 is 0 Å². The molecule has 0 saturated carbocycles. The van der Waals surface area contributed by atoms with Gasteiger partial charge in [0.15, 0.2) is 5.11 Å². The number of H-pyrrole nitrogens is 1. The fourth-order valence-corrected chi connectivity index (χ4v) is 5.03. The van der Waals surface area contributed by atoms with Crippen LogP contribution in [0.15, 0.2) is 48.7 Å². The summed E-state index contributed by atoms with van der Waals surface area (Å²) in [5.41, 5.74) is 5.10. The average Bonchev–Trinajstić information content (AvgIpc) is 3.25. The molecule has 1 aromatic carbocycles. The second kappa shape index (κ2) is 8.44. The molecule has 10 heteroatoms. The van der Waals surface area contributed by atoms with Crippen LogP contribution >= 0.6 is 12.2 Å². The molecule has 1 aliphatic heterocycles. The van der Waals surface area contributed by atoms with Crippen molar-refractivity contribution in [2.45, 2.75) is 25.9 Å².